The Morgan fingerprint density at radius 3 is 2.40 bits per heavy atom. The number of nitrogens with zero attached hydrogens (tertiary/aromatic N) is 2. The molecule has 2 heterocycles. The smallest absolute Gasteiger partial charge is 0.191 e. The third kappa shape index (κ3) is 6.53. The second-order valence-electron chi connectivity index (χ2n) is 7.52. The van der Waals surface area contributed by atoms with E-state index >= 15 is 0 Å². The molecule has 0 aliphatic carbocycles. The van der Waals surface area contributed by atoms with Crippen molar-refractivity contribution in [1.82, 2.24) is 15.6 Å². The van der Waals surface area contributed by atoms with E-state index in [4.69, 9.17) is 4.98 Å². The number of aliphatic imine (C=N–C) groups is 1. The fourth-order valence-electron chi connectivity index (χ4n) is 2.17. The molecule has 0 radical (unpaired) electrons. The van der Waals surface area contributed by atoms with Crippen LogP contribution < -0.4 is 10.6 Å². The Morgan fingerprint density at radius 2 is 1.88 bits per heavy atom. The number of aromatic nitrogens is 1. The van der Waals surface area contributed by atoms with Crippen molar-refractivity contribution in [3.63, 3.8) is 0 Å². The van der Waals surface area contributed by atoms with Crippen molar-refractivity contribution in [2.75, 3.05) is 13.6 Å². The van der Waals surface area contributed by atoms with E-state index in [0.717, 1.165) is 23.2 Å². The first-order valence-electron chi connectivity index (χ1n) is 8.16. The van der Waals surface area contributed by atoms with Gasteiger partial charge >= 0.3 is 0 Å². The lowest BCUT2D eigenvalue weighted by Crippen LogP contribution is -2.42. The van der Waals surface area contributed by atoms with E-state index in [1.54, 1.807) is 29.7 Å². The molecular formula is C18H29IN4S2. The number of hydrogen-bond donors (Lipinski definition) is 2. The van der Waals surface area contributed by atoms with Gasteiger partial charge in [-0.25, -0.2) is 4.98 Å². The van der Waals surface area contributed by atoms with Crippen LogP contribution in [0.15, 0.2) is 27.9 Å². The van der Waals surface area contributed by atoms with Gasteiger partial charge in [-0.1, -0.05) is 40.7 Å². The standard InChI is InChI=1S/C18H28N4S2.HI/c1-17(2,3)13-11-24-15(22-13)10-20-16(19-6)21-12-18(4,5)14-8-7-9-23-14;/h7-9,11H,10,12H2,1-6H3,(H2,19,20,21);1H. The summed E-state index contributed by atoms with van der Waals surface area (Å²) in [6.45, 7) is 12.6. The zero-order valence-electron chi connectivity index (χ0n) is 15.8. The molecule has 0 fully saturated rings. The van der Waals surface area contributed by atoms with Crippen molar-refractivity contribution in [1.29, 1.82) is 0 Å². The number of rotatable bonds is 5. The molecule has 0 aliphatic heterocycles. The summed E-state index contributed by atoms with van der Waals surface area (Å²) in [5.41, 5.74) is 1.32. The number of nitrogens with one attached hydrogen (secondary N) is 2. The Morgan fingerprint density at radius 1 is 1.16 bits per heavy atom. The molecule has 2 rings (SSSR count). The summed E-state index contributed by atoms with van der Waals surface area (Å²) in [5, 5.41) is 12.1. The van der Waals surface area contributed by atoms with Gasteiger partial charge in [0.05, 0.1) is 12.2 Å². The van der Waals surface area contributed by atoms with Crippen LogP contribution >= 0.6 is 46.7 Å². The zero-order valence-corrected chi connectivity index (χ0v) is 19.8. The molecule has 0 aliphatic rings. The van der Waals surface area contributed by atoms with Crippen LogP contribution in [0.5, 0.6) is 0 Å². The summed E-state index contributed by atoms with van der Waals surface area (Å²) in [4.78, 5) is 10.4. The number of guanidine groups is 1. The molecule has 0 atom stereocenters. The zero-order chi connectivity index (χ0) is 17.8. The van der Waals surface area contributed by atoms with Crippen LogP contribution in [0.1, 0.15) is 50.2 Å². The summed E-state index contributed by atoms with van der Waals surface area (Å²) in [6.07, 6.45) is 0. The molecule has 0 bridgehead atoms. The predicted molar refractivity (Wildman–Crippen MR) is 122 cm³/mol. The topological polar surface area (TPSA) is 49.3 Å². The third-order valence-electron chi connectivity index (χ3n) is 3.84. The summed E-state index contributed by atoms with van der Waals surface area (Å²) < 4.78 is 0. The summed E-state index contributed by atoms with van der Waals surface area (Å²) in [6, 6.07) is 4.29. The van der Waals surface area contributed by atoms with Crippen LogP contribution in [0.2, 0.25) is 0 Å². The van der Waals surface area contributed by atoms with Gasteiger partial charge in [-0.3, -0.25) is 4.99 Å². The second-order valence-corrected chi connectivity index (χ2v) is 9.41. The Balaban J connectivity index is 0.00000312. The van der Waals surface area contributed by atoms with E-state index in [0.29, 0.717) is 6.54 Å². The molecule has 7 heteroatoms. The largest absolute Gasteiger partial charge is 0.356 e. The van der Waals surface area contributed by atoms with E-state index in [1.807, 2.05) is 0 Å². The van der Waals surface area contributed by atoms with Gasteiger partial charge in [0.1, 0.15) is 5.01 Å². The molecule has 4 nitrogen and oxygen atoms in total. The molecule has 25 heavy (non-hydrogen) atoms. The minimum Gasteiger partial charge on any atom is -0.356 e. The highest BCUT2D eigenvalue weighted by Crippen LogP contribution is 2.26. The lowest BCUT2D eigenvalue weighted by atomic mass is 9.91. The highest BCUT2D eigenvalue weighted by molar-refractivity contribution is 14.0. The quantitative estimate of drug-likeness (QED) is 0.360. The number of thiazole rings is 1. The minimum atomic E-state index is 0. The van der Waals surface area contributed by atoms with Gasteiger partial charge in [-0.05, 0) is 11.4 Å². The maximum absolute atomic E-state index is 4.71. The van der Waals surface area contributed by atoms with Crippen molar-refractivity contribution >= 4 is 52.6 Å². The average molecular weight is 492 g/mol. The first-order valence-corrected chi connectivity index (χ1v) is 9.92. The molecule has 2 aromatic heterocycles. The monoisotopic (exact) mass is 492 g/mol. The van der Waals surface area contributed by atoms with Crippen LogP contribution in [0.3, 0.4) is 0 Å². The summed E-state index contributed by atoms with van der Waals surface area (Å²) >= 11 is 3.49. The van der Waals surface area contributed by atoms with E-state index in [-0.39, 0.29) is 34.8 Å². The van der Waals surface area contributed by atoms with Gasteiger partial charge < -0.3 is 10.6 Å². The average Bonchev–Trinajstić information content (AvgIpc) is 3.18. The first-order chi connectivity index (χ1) is 11.2. The lowest BCUT2D eigenvalue weighted by molar-refractivity contribution is 0.518. The van der Waals surface area contributed by atoms with Gasteiger partial charge in [-0.15, -0.1) is 46.7 Å². The van der Waals surface area contributed by atoms with Crippen LogP contribution in [-0.4, -0.2) is 24.5 Å². The molecule has 0 saturated heterocycles. The maximum atomic E-state index is 4.71. The lowest BCUT2D eigenvalue weighted by Gasteiger charge is -2.25. The Labute approximate surface area is 176 Å². The highest BCUT2D eigenvalue weighted by atomic mass is 127. The van der Waals surface area contributed by atoms with E-state index in [9.17, 15) is 0 Å². The third-order valence-corrected chi connectivity index (χ3v) is 5.92. The van der Waals surface area contributed by atoms with Gasteiger partial charge in [-0.2, -0.15) is 0 Å². The van der Waals surface area contributed by atoms with E-state index in [1.165, 1.54) is 4.88 Å². The van der Waals surface area contributed by atoms with Crippen LogP contribution in [0.4, 0.5) is 0 Å². The molecule has 2 N–H and O–H groups in total. The number of thiophene rings is 1. The molecule has 0 spiro atoms. The first kappa shape index (κ1) is 22.4. The highest BCUT2D eigenvalue weighted by Gasteiger charge is 2.22. The van der Waals surface area contributed by atoms with Crippen molar-refractivity contribution < 1.29 is 0 Å². The van der Waals surface area contributed by atoms with E-state index in [2.05, 4.69) is 73.1 Å². The van der Waals surface area contributed by atoms with Crippen LogP contribution in [0.25, 0.3) is 0 Å². The molecule has 140 valence electrons. The van der Waals surface area contributed by atoms with Crippen LogP contribution in [-0.2, 0) is 17.4 Å². The number of halogens is 1. The van der Waals surface area contributed by atoms with Crippen molar-refractivity contribution in [2.45, 2.75) is 52.0 Å². The van der Waals surface area contributed by atoms with Crippen molar-refractivity contribution in [3.05, 3.63) is 38.5 Å². The molecular weight excluding hydrogens is 463 g/mol. The summed E-state index contributed by atoms with van der Waals surface area (Å²) in [7, 11) is 1.80. The Hall–Kier alpha value is -0.670. The van der Waals surface area contributed by atoms with Gasteiger partial charge in [0.2, 0.25) is 0 Å². The van der Waals surface area contributed by atoms with Crippen molar-refractivity contribution in [2.24, 2.45) is 4.99 Å². The Bertz CT molecular complexity index is 670. The van der Waals surface area contributed by atoms with Crippen LogP contribution in [0, 0.1) is 0 Å². The molecule has 2 aromatic rings. The van der Waals surface area contributed by atoms with Gasteiger partial charge in [0, 0.05) is 34.7 Å². The SMILES string of the molecule is CN=C(NCc1nc(C(C)(C)C)cs1)NCC(C)(C)c1cccs1.I. The normalized spacial score (nSPS) is 12.6. The van der Waals surface area contributed by atoms with Gasteiger partial charge in [0.25, 0.3) is 0 Å². The summed E-state index contributed by atoms with van der Waals surface area (Å²) in [5.74, 6) is 0.812. The van der Waals surface area contributed by atoms with E-state index < -0.39 is 0 Å². The minimum absolute atomic E-state index is 0. The molecule has 0 aromatic carbocycles. The number of hydrogen-bond acceptors (Lipinski definition) is 4. The van der Waals surface area contributed by atoms with Crippen molar-refractivity contribution in [3.8, 4) is 0 Å². The second kappa shape index (κ2) is 9.32. The molecule has 0 amide bonds. The maximum Gasteiger partial charge on any atom is 0.191 e. The molecule has 0 saturated carbocycles. The fraction of sp³-hybridized carbons (Fsp3) is 0.556. The van der Waals surface area contributed by atoms with Gasteiger partial charge in [0.15, 0.2) is 5.96 Å². The predicted octanol–water partition coefficient (Wildman–Crippen LogP) is 4.76. The fourth-order valence-corrected chi connectivity index (χ4v) is 3.98. The molecule has 0 unspecified atom stereocenters. The Kier molecular flexibility index (Phi) is 8.34.